The number of hydrogen-bond acceptors (Lipinski definition) is 2. The van der Waals surface area contributed by atoms with Crippen molar-refractivity contribution in [1.82, 2.24) is 0 Å². The summed E-state index contributed by atoms with van der Waals surface area (Å²) >= 11 is 0. The predicted molar refractivity (Wildman–Crippen MR) is 72.2 cm³/mol. The van der Waals surface area contributed by atoms with Crippen molar-refractivity contribution in [2.75, 3.05) is 0 Å². The van der Waals surface area contributed by atoms with Gasteiger partial charge in [-0.2, -0.15) is 0 Å². The van der Waals surface area contributed by atoms with Gasteiger partial charge in [0.2, 0.25) is 0 Å². The second-order valence-electron chi connectivity index (χ2n) is 6.84. The fraction of sp³-hybridized carbons (Fsp3) is 0.647. The van der Waals surface area contributed by atoms with E-state index < -0.39 is 0 Å². The molecule has 4 rings (SSSR count). The summed E-state index contributed by atoms with van der Waals surface area (Å²) in [6, 6.07) is 0. The van der Waals surface area contributed by atoms with Gasteiger partial charge in [-0.3, -0.25) is 9.59 Å². The summed E-state index contributed by atoms with van der Waals surface area (Å²) in [7, 11) is 0. The average molecular weight is 256 g/mol. The third-order valence-electron chi connectivity index (χ3n) is 6.45. The van der Waals surface area contributed by atoms with Crippen molar-refractivity contribution in [3.8, 4) is 0 Å². The first-order valence-electron chi connectivity index (χ1n) is 7.50. The third-order valence-corrected chi connectivity index (χ3v) is 6.45. The Morgan fingerprint density at radius 3 is 1.68 bits per heavy atom. The highest BCUT2D eigenvalue weighted by atomic mass is 16.1. The lowest BCUT2D eigenvalue weighted by Gasteiger charge is -2.28. The normalized spacial score (nSPS) is 53.1. The first-order valence-corrected chi connectivity index (χ1v) is 7.50. The van der Waals surface area contributed by atoms with E-state index in [1.54, 1.807) is 0 Å². The van der Waals surface area contributed by atoms with E-state index in [1.165, 1.54) is 0 Å². The van der Waals surface area contributed by atoms with E-state index in [1.807, 2.05) is 12.2 Å². The molecule has 0 saturated heterocycles. The van der Waals surface area contributed by atoms with Gasteiger partial charge in [-0.05, 0) is 42.9 Å². The Hall–Kier alpha value is -1.18. The van der Waals surface area contributed by atoms with Crippen LogP contribution in [0.2, 0.25) is 0 Å². The minimum absolute atomic E-state index is 0.0681. The van der Waals surface area contributed by atoms with Gasteiger partial charge in [0.05, 0.1) is 0 Å². The zero-order valence-electron chi connectivity index (χ0n) is 11.1. The minimum atomic E-state index is 0.0681. The van der Waals surface area contributed by atoms with Crippen molar-refractivity contribution >= 4 is 11.6 Å². The van der Waals surface area contributed by atoms with Gasteiger partial charge in [-0.1, -0.05) is 12.2 Å². The summed E-state index contributed by atoms with van der Waals surface area (Å²) in [6.07, 6.45) is 6.52. The van der Waals surface area contributed by atoms with E-state index in [-0.39, 0.29) is 23.7 Å². The Bertz CT molecular complexity index is 447. The molecule has 4 saturated carbocycles. The molecule has 0 N–H and O–H groups in total. The number of fused-ring (bicyclic) bond motifs is 2. The smallest absolute Gasteiger partial charge is 0.140 e. The van der Waals surface area contributed by atoms with E-state index >= 15 is 0 Å². The Morgan fingerprint density at radius 1 is 0.895 bits per heavy atom. The minimum Gasteiger partial charge on any atom is -0.299 e. The van der Waals surface area contributed by atoms with E-state index in [2.05, 4.69) is 13.2 Å². The zero-order valence-corrected chi connectivity index (χ0v) is 11.1. The maximum absolute atomic E-state index is 12.6. The number of hydrogen-bond donors (Lipinski definition) is 0. The van der Waals surface area contributed by atoms with Crippen LogP contribution in [-0.4, -0.2) is 11.6 Å². The lowest BCUT2D eigenvalue weighted by Crippen LogP contribution is -2.28. The predicted octanol–water partition coefficient (Wildman–Crippen LogP) is 2.65. The van der Waals surface area contributed by atoms with E-state index in [4.69, 9.17) is 0 Å². The van der Waals surface area contributed by atoms with Crippen LogP contribution in [0.15, 0.2) is 25.3 Å². The van der Waals surface area contributed by atoms with Crippen LogP contribution in [0.25, 0.3) is 0 Å². The molecule has 4 aliphatic rings. The van der Waals surface area contributed by atoms with Crippen LogP contribution in [0.3, 0.4) is 0 Å². The maximum Gasteiger partial charge on any atom is 0.140 e. The number of rotatable bonds is 4. The van der Waals surface area contributed by atoms with Crippen LogP contribution < -0.4 is 0 Å². The topological polar surface area (TPSA) is 34.1 Å². The highest BCUT2D eigenvalue weighted by Crippen LogP contribution is 2.72. The Balaban J connectivity index is 1.78. The first-order chi connectivity index (χ1) is 9.20. The molecule has 0 unspecified atom stereocenters. The van der Waals surface area contributed by atoms with Crippen molar-refractivity contribution in [1.29, 1.82) is 0 Å². The SMILES string of the molecule is C=CC[C@@H]1C(=O)[C@@H]2[C@H]3C[C@H]4[C@@H]2C(=O)[C@H](CC=C)[C@H]4[C@H]31. The number of carbonyl (C=O) groups excluding carboxylic acids is 2. The molecule has 2 bridgehead atoms. The molecule has 0 radical (unpaired) electrons. The van der Waals surface area contributed by atoms with Gasteiger partial charge in [0.1, 0.15) is 11.6 Å². The molecule has 4 fully saturated rings. The third kappa shape index (κ3) is 1.14. The summed E-state index contributed by atoms with van der Waals surface area (Å²) in [5.41, 5.74) is 0. The Morgan fingerprint density at radius 2 is 1.32 bits per heavy atom. The molecule has 0 heterocycles. The average Bonchev–Trinajstić information content (AvgIpc) is 3.03. The van der Waals surface area contributed by atoms with Crippen LogP contribution in [0.5, 0.6) is 0 Å². The molecule has 100 valence electrons. The monoisotopic (exact) mass is 256 g/mol. The van der Waals surface area contributed by atoms with E-state index in [9.17, 15) is 9.59 Å². The van der Waals surface area contributed by atoms with Crippen molar-refractivity contribution < 1.29 is 9.59 Å². The van der Waals surface area contributed by atoms with Gasteiger partial charge in [0, 0.05) is 23.7 Å². The standard InChI is InChI=1S/C17H20O2/c1-3-5-8-12-10-7-11-13(12)9(6-4-2)17(19)15(11)14(10)16(8)18/h3-4,8-15H,1-2,5-7H2/t8-,9+,10-,11+,12-,13+,14+,15-. The number of Topliss-reactive ketones (excluding diaryl/α,β-unsaturated/α-hetero) is 2. The molecule has 0 aromatic heterocycles. The van der Waals surface area contributed by atoms with E-state index in [0.29, 0.717) is 35.2 Å². The molecule has 0 aromatic rings. The van der Waals surface area contributed by atoms with Gasteiger partial charge >= 0.3 is 0 Å². The molecule has 2 nitrogen and oxygen atoms in total. The summed E-state index contributed by atoms with van der Waals surface area (Å²) in [5.74, 6) is 3.18. The fourth-order valence-electron chi connectivity index (χ4n) is 6.19. The summed E-state index contributed by atoms with van der Waals surface area (Å²) in [6.45, 7) is 7.62. The molecule has 0 aliphatic heterocycles. The van der Waals surface area contributed by atoms with Crippen LogP contribution in [0.4, 0.5) is 0 Å². The van der Waals surface area contributed by atoms with Crippen molar-refractivity contribution in [3.63, 3.8) is 0 Å². The number of allylic oxidation sites excluding steroid dienone is 2. The van der Waals surface area contributed by atoms with Crippen LogP contribution >= 0.6 is 0 Å². The van der Waals surface area contributed by atoms with Gasteiger partial charge < -0.3 is 0 Å². The lowest BCUT2D eigenvalue weighted by molar-refractivity contribution is -0.132. The fourth-order valence-corrected chi connectivity index (χ4v) is 6.19. The molecule has 2 heteroatoms. The van der Waals surface area contributed by atoms with Crippen molar-refractivity contribution in [2.24, 2.45) is 47.3 Å². The van der Waals surface area contributed by atoms with Crippen molar-refractivity contribution in [2.45, 2.75) is 19.3 Å². The number of ketones is 2. The molecule has 0 aromatic carbocycles. The maximum atomic E-state index is 12.6. The van der Waals surface area contributed by atoms with Crippen LogP contribution in [-0.2, 0) is 9.59 Å². The largest absolute Gasteiger partial charge is 0.299 e. The van der Waals surface area contributed by atoms with Gasteiger partial charge in [0.25, 0.3) is 0 Å². The van der Waals surface area contributed by atoms with Gasteiger partial charge in [0.15, 0.2) is 0 Å². The molecule has 19 heavy (non-hydrogen) atoms. The van der Waals surface area contributed by atoms with Crippen LogP contribution in [0, 0.1) is 47.3 Å². The molecule has 0 amide bonds. The molecular weight excluding hydrogens is 236 g/mol. The molecule has 8 atom stereocenters. The molecule has 4 aliphatic carbocycles. The van der Waals surface area contributed by atoms with Gasteiger partial charge in [-0.15, -0.1) is 13.2 Å². The zero-order chi connectivity index (χ0) is 13.3. The first kappa shape index (κ1) is 11.6. The highest BCUT2D eigenvalue weighted by Gasteiger charge is 2.74. The number of carbonyl (C=O) groups is 2. The van der Waals surface area contributed by atoms with Crippen molar-refractivity contribution in [3.05, 3.63) is 25.3 Å². The lowest BCUT2D eigenvalue weighted by atomic mass is 9.74. The summed E-state index contributed by atoms with van der Waals surface area (Å²) in [5, 5.41) is 0. The second-order valence-corrected chi connectivity index (χ2v) is 6.84. The van der Waals surface area contributed by atoms with Crippen LogP contribution in [0.1, 0.15) is 19.3 Å². The highest BCUT2D eigenvalue weighted by molar-refractivity contribution is 5.98. The molecule has 0 spiro atoms. The quantitative estimate of drug-likeness (QED) is 0.725. The second kappa shape index (κ2) is 3.68. The Kier molecular flexibility index (Phi) is 2.25. The summed E-state index contributed by atoms with van der Waals surface area (Å²) in [4.78, 5) is 25.2. The Labute approximate surface area is 113 Å². The van der Waals surface area contributed by atoms with E-state index in [0.717, 1.165) is 19.3 Å². The summed E-state index contributed by atoms with van der Waals surface area (Å²) < 4.78 is 0. The van der Waals surface area contributed by atoms with Gasteiger partial charge in [-0.25, -0.2) is 0 Å². The molecular formula is C17H20O2.